The summed E-state index contributed by atoms with van der Waals surface area (Å²) in [5, 5.41) is 0. The monoisotopic (exact) mass is 520 g/mol. The standard InChI is InChI=1S/C32H50N5O/c1-2-3-4-5-6-7-8-9-10-11-12-13-14-15-16-20-24-38-25-23-29(28-21-18-17-19-22-28)37-27-36-30-31(33)34-26-35-32(30)37/h17-19,21-22,26-27H,2-16,20,23-25H2,1H3,(H2,33,34,35). The van der Waals surface area contributed by atoms with Crippen molar-refractivity contribution in [3.05, 3.63) is 54.6 Å². The van der Waals surface area contributed by atoms with Crippen LogP contribution in [-0.2, 0) is 4.74 Å². The van der Waals surface area contributed by atoms with Crippen molar-refractivity contribution in [2.75, 3.05) is 18.9 Å². The third-order valence-corrected chi connectivity index (χ3v) is 7.38. The molecule has 0 saturated heterocycles. The summed E-state index contributed by atoms with van der Waals surface area (Å²) in [5.41, 5.74) is 8.50. The molecule has 6 heteroatoms. The maximum atomic E-state index is 6.03. The summed E-state index contributed by atoms with van der Waals surface area (Å²) in [5.74, 6) is 0.404. The molecule has 0 amide bonds. The SMILES string of the molecule is CCCCCCCCCCCCCCCCCCOCC[C](c1ccccc1)n1cnc2c(N)ncnc21. The van der Waals surface area contributed by atoms with E-state index in [0.29, 0.717) is 17.9 Å². The highest BCUT2D eigenvalue weighted by Crippen LogP contribution is 2.26. The first-order valence-corrected chi connectivity index (χ1v) is 15.2. The van der Waals surface area contributed by atoms with Gasteiger partial charge in [0.15, 0.2) is 11.5 Å². The third-order valence-electron chi connectivity index (χ3n) is 7.38. The van der Waals surface area contributed by atoms with E-state index in [1.165, 1.54) is 103 Å². The molecular formula is C32H50N5O. The average Bonchev–Trinajstić information content (AvgIpc) is 3.38. The largest absolute Gasteiger partial charge is 0.382 e. The second-order valence-electron chi connectivity index (χ2n) is 10.5. The third kappa shape index (κ3) is 10.7. The van der Waals surface area contributed by atoms with Crippen molar-refractivity contribution in [1.29, 1.82) is 0 Å². The van der Waals surface area contributed by atoms with Gasteiger partial charge in [-0.1, -0.05) is 134 Å². The number of nitrogen functional groups attached to an aromatic ring is 1. The minimum atomic E-state index is 0.404. The Labute approximate surface area is 230 Å². The average molecular weight is 521 g/mol. The molecule has 3 rings (SSSR count). The zero-order valence-electron chi connectivity index (χ0n) is 23.8. The highest BCUT2D eigenvalue weighted by molar-refractivity contribution is 5.81. The number of aromatic nitrogens is 4. The van der Waals surface area contributed by atoms with Crippen LogP contribution in [0.25, 0.3) is 11.2 Å². The number of rotatable bonds is 22. The second kappa shape index (κ2) is 18.7. The highest BCUT2D eigenvalue weighted by Gasteiger charge is 2.19. The van der Waals surface area contributed by atoms with Gasteiger partial charge in [-0.05, 0) is 12.0 Å². The van der Waals surface area contributed by atoms with E-state index >= 15 is 0 Å². The van der Waals surface area contributed by atoms with E-state index in [2.05, 4.69) is 46.1 Å². The quantitative estimate of drug-likeness (QED) is 0.134. The van der Waals surface area contributed by atoms with Crippen LogP contribution in [0.2, 0.25) is 0 Å². The molecule has 6 nitrogen and oxygen atoms in total. The van der Waals surface area contributed by atoms with Gasteiger partial charge in [0.05, 0.1) is 6.33 Å². The van der Waals surface area contributed by atoms with E-state index in [1.807, 2.05) is 10.6 Å². The van der Waals surface area contributed by atoms with Crippen molar-refractivity contribution in [2.24, 2.45) is 0 Å². The number of nitrogens with zero attached hydrogens (tertiary/aromatic N) is 4. The summed E-state index contributed by atoms with van der Waals surface area (Å²) >= 11 is 0. The van der Waals surface area contributed by atoms with Gasteiger partial charge in [-0.2, -0.15) is 0 Å². The van der Waals surface area contributed by atoms with Gasteiger partial charge in [0.25, 0.3) is 0 Å². The number of ether oxygens (including phenoxy) is 1. The summed E-state index contributed by atoms with van der Waals surface area (Å²) in [4.78, 5) is 12.9. The van der Waals surface area contributed by atoms with E-state index in [-0.39, 0.29) is 0 Å². The van der Waals surface area contributed by atoms with Gasteiger partial charge in [0, 0.05) is 19.6 Å². The molecule has 0 atom stereocenters. The zero-order valence-corrected chi connectivity index (χ0v) is 23.8. The topological polar surface area (TPSA) is 78.9 Å². The first kappa shape index (κ1) is 30.1. The molecule has 0 saturated carbocycles. The first-order valence-electron chi connectivity index (χ1n) is 15.2. The smallest absolute Gasteiger partial charge is 0.166 e. The van der Waals surface area contributed by atoms with Crippen molar-refractivity contribution in [3.8, 4) is 0 Å². The molecule has 1 radical (unpaired) electrons. The maximum absolute atomic E-state index is 6.03. The van der Waals surface area contributed by atoms with Crippen LogP contribution in [0.3, 0.4) is 0 Å². The molecule has 38 heavy (non-hydrogen) atoms. The summed E-state index contributed by atoms with van der Waals surface area (Å²) in [7, 11) is 0. The summed E-state index contributed by atoms with van der Waals surface area (Å²) < 4.78 is 8.04. The van der Waals surface area contributed by atoms with Gasteiger partial charge in [-0.15, -0.1) is 0 Å². The summed E-state index contributed by atoms with van der Waals surface area (Å²) in [6.45, 7) is 3.78. The maximum Gasteiger partial charge on any atom is 0.166 e. The lowest BCUT2D eigenvalue weighted by Crippen LogP contribution is -2.14. The number of benzene rings is 1. The fourth-order valence-corrected chi connectivity index (χ4v) is 5.11. The predicted molar refractivity (Wildman–Crippen MR) is 159 cm³/mol. The number of nitrogens with two attached hydrogens (primary N) is 1. The molecule has 0 spiro atoms. The van der Waals surface area contributed by atoms with Crippen LogP contribution in [0.5, 0.6) is 0 Å². The molecule has 209 valence electrons. The predicted octanol–water partition coefficient (Wildman–Crippen LogP) is 8.51. The first-order chi connectivity index (χ1) is 18.8. The molecule has 2 heterocycles. The number of anilines is 1. The van der Waals surface area contributed by atoms with Gasteiger partial charge in [-0.25, -0.2) is 15.0 Å². The van der Waals surface area contributed by atoms with Crippen LogP contribution in [0.1, 0.15) is 122 Å². The summed E-state index contributed by atoms with van der Waals surface area (Å²) in [6, 6.07) is 11.5. The Kier molecular flexibility index (Phi) is 14.8. The lowest BCUT2D eigenvalue weighted by atomic mass is 10.0. The fourth-order valence-electron chi connectivity index (χ4n) is 5.11. The van der Waals surface area contributed by atoms with E-state index in [4.69, 9.17) is 10.5 Å². The number of unbranched alkanes of at least 4 members (excludes halogenated alkanes) is 15. The minimum Gasteiger partial charge on any atom is -0.382 e. The molecule has 0 fully saturated rings. The van der Waals surface area contributed by atoms with Crippen LogP contribution >= 0.6 is 0 Å². The Morgan fingerprint density at radius 3 is 1.89 bits per heavy atom. The van der Waals surface area contributed by atoms with Crippen LogP contribution < -0.4 is 5.73 Å². The molecule has 1 aromatic carbocycles. The lowest BCUT2D eigenvalue weighted by Gasteiger charge is -2.18. The Morgan fingerprint density at radius 1 is 0.711 bits per heavy atom. The normalized spacial score (nSPS) is 11.6. The van der Waals surface area contributed by atoms with Crippen molar-refractivity contribution >= 4 is 17.0 Å². The van der Waals surface area contributed by atoms with Crippen molar-refractivity contribution in [2.45, 2.75) is 116 Å². The highest BCUT2D eigenvalue weighted by atomic mass is 16.5. The molecule has 0 bridgehead atoms. The fraction of sp³-hybridized carbons (Fsp3) is 0.625. The molecule has 0 aliphatic heterocycles. The molecule has 0 unspecified atom stereocenters. The summed E-state index contributed by atoms with van der Waals surface area (Å²) in [6.07, 6.45) is 26.2. The Hall–Kier alpha value is -2.47. The molecule has 0 aliphatic carbocycles. The number of hydrogen-bond acceptors (Lipinski definition) is 5. The molecule has 2 aromatic heterocycles. The van der Waals surface area contributed by atoms with Gasteiger partial charge in [-0.3, -0.25) is 0 Å². The molecular weight excluding hydrogens is 470 g/mol. The lowest BCUT2D eigenvalue weighted by molar-refractivity contribution is 0.129. The van der Waals surface area contributed by atoms with Crippen molar-refractivity contribution in [3.63, 3.8) is 0 Å². The number of imidazole rings is 1. The minimum absolute atomic E-state index is 0.404. The molecule has 2 N–H and O–H groups in total. The van der Waals surface area contributed by atoms with E-state index in [9.17, 15) is 0 Å². The van der Waals surface area contributed by atoms with Gasteiger partial charge in [0.1, 0.15) is 17.9 Å². The van der Waals surface area contributed by atoms with Crippen LogP contribution in [0, 0.1) is 6.04 Å². The van der Waals surface area contributed by atoms with E-state index < -0.39 is 0 Å². The van der Waals surface area contributed by atoms with Gasteiger partial charge in [0.2, 0.25) is 0 Å². The van der Waals surface area contributed by atoms with Crippen LogP contribution in [0.15, 0.2) is 43.0 Å². The second-order valence-corrected chi connectivity index (χ2v) is 10.5. The Morgan fingerprint density at radius 2 is 1.29 bits per heavy atom. The zero-order chi connectivity index (χ0) is 26.7. The number of fused-ring (bicyclic) bond motifs is 1. The van der Waals surface area contributed by atoms with E-state index in [0.717, 1.165) is 36.7 Å². The van der Waals surface area contributed by atoms with E-state index in [1.54, 1.807) is 6.33 Å². The van der Waals surface area contributed by atoms with Crippen molar-refractivity contribution in [1.82, 2.24) is 19.5 Å². The van der Waals surface area contributed by atoms with Crippen LogP contribution in [-0.4, -0.2) is 32.7 Å². The van der Waals surface area contributed by atoms with Crippen LogP contribution in [0.4, 0.5) is 5.82 Å². The molecule has 3 aromatic rings. The van der Waals surface area contributed by atoms with Gasteiger partial charge < -0.3 is 15.0 Å². The Bertz CT molecular complexity index is 990. The van der Waals surface area contributed by atoms with Crippen molar-refractivity contribution < 1.29 is 4.74 Å². The Balaban J connectivity index is 1.22. The van der Waals surface area contributed by atoms with Gasteiger partial charge >= 0.3 is 0 Å². The molecule has 0 aliphatic rings. The number of hydrogen-bond donors (Lipinski definition) is 1.